The Morgan fingerprint density at radius 2 is 1.96 bits per heavy atom. The van der Waals surface area contributed by atoms with Crippen molar-refractivity contribution in [2.75, 3.05) is 4.90 Å². The predicted octanol–water partition coefficient (Wildman–Crippen LogP) is 5.54. The highest BCUT2D eigenvalue weighted by molar-refractivity contribution is 9.08. The average Bonchev–Trinajstić information content (AvgIpc) is 3.04. The van der Waals surface area contributed by atoms with Gasteiger partial charge in [0.1, 0.15) is 5.52 Å². The van der Waals surface area contributed by atoms with Gasteiger partial charge in [-0.05, 0) is 57.2 Å². The summed E-state index contributed by atoms with van der Waals surface area (Å²) in [6.45, 7) is 5.51. The number of rotatable bonds is 3. The molecule has 0 saturated heterocycles. The van der Waals surface area contributed by atoms with Gasteiger partial charge in [0.25, 0.3) is 0 Å². The third kappa shape index (κ3) is 3.67. The Morgan fingerprint density at radius 1 is 1.30 bits per heavy atom. The molecule has 3 aromatic rings. The fraction of sp³-hybridized carbons (Fsp3) is 0.250. The molecule has 6 nitrogen and oxygen atoms in total. The van der Waals surface area contributed by atoms with Crippen LogP contribution in [0.2, 0.25) is 0 Å². The maximum atomic E-state index is 11.6. The Balaban J connectivity index is 2.03. The second-order valence-electron chi connectivity index (χ2n) is 7.08. The summed E-state index contributed by atoms with van der Waals surface area (Å²) in [5.41, 5.74) is 3.36. The Labute approximate surface area is 165 Å². The number of fused-ring (bicyclic) bond motifs is 1. The van der Waals surface area contributed by atoms with Crippen LogP contribution in [0.15, 0.2) is 40.8 Å². The molecule has 0 saturated carbocycles. The van der Waals surface area contributed by atoms with E-state index in [1.807, 2.05) is 20.8 Å². The van der Waals surface area contributed by atoms with E-state index in [2.05, 4.69) is 27.0 Å². The van der Waals surface area contributed by atoms with Gasteiger partial charge in [0.15, 0.2) is 5.58 Å². The van der Waals surface area contributed by atoms with Crippen molar-refractivity contribution in [2.45, 2.75) is 31.6 Å². The monoisotopic (exact) mass is 427 g/mol. The maximum absolute atomic E-state index is 11.6. The number of hydrogen-bond donors (Lipinski definition) is 1. The lowest BCUT2D eigenvalue weighted by Crippen LogP contribution is -2.45. The summed E-state index contributed by atoms with van der Waals surface area (Å²) in [7, 11) is 0. The molecule has 0 aliphatic carbocycles. The second kappa shape index (κ2) is 7.05. The topological polar surface area (TPSA) is 90.4 Å². The third-order valence-corrected chi connectivity index (χ3v) is 4.68. The van der Waals surface area contributed by atoms with E-state index in [1.165, 1.54) is 4.90 Å². The van der Waals surface area contributed by atoms with Crippen molar-refractivity contribution in [3.63, 3.8) is 0 Å². The van der Waals surface area contributed by atoms with Gasteiger partial charge in [-0.15, -0.1) is 0 Å². The molecule has 1 heterocycles. The Kier molecular flexibility index (Phi) is 4.94. The largest absolute Gasteiger partial charge is 0.465 e. The molecule has 0 atom stereocenters. The number of oxazole rings is 1. The van der Waals surface area contributed by atoms with Crippen molar-refractivity contribution < 1.29 is 14.3 Å². The highest BCUT2D eigenvalue weighted by atomic mass is 79.9. The number of aromatic nitrogens is 1. The molecule has 1 N–H and O–H groups in total. The van der Waals surface area contributed by atoms with Crippen LogP contribution >= 0.6 is 15.9 Å². The highest BCUT2D eigenvalue weighted by Crippen LogP contribution is 2.31. The Bertz CT molecular complexity index is 1040. The lowest BCUT2D eigenvalue weighted by molar-refractivity contribution is 0.195. The average molecular weight is 428 g/mol. The fourth-order valence-electron chi connectivity index (χ4n) is 2.93. The number of nitriles is 1. The fourth-order valence-corrected chi connectivity index (χ4v) is 3.34. The number of anilines is 1. The van der Waals surface area contributed by atoms with E-state index >= 15 is 0 Å². The van der Waals surface area contributed by atoms with Crippen LogP contribution < -0.4 is 4.90 Å². The number of halogens is 1. The van der Waals surface area contributed by atoms with Crippen molar-refractivity contribution in [3.05, 3.63) is 47.5 Å². The molecule has 0 radical (unpaired) electrons. The van der Waals surface area contributed by atoms with Crippen molar-refractivity contribution in [1.29, 1.82) is 5.26 Å². The predicted molar refractivity (Wildman–Crippen MR) is 107 cm³/mol. The van der Waals surface area contributed by atoms with E-state index in [4.69, 9.17) is 9.68 Å². The zero-order chi connectivity index (χ0) is 19.8. The van der Waals surface area contributed by atoms with Crippen molar-refractivity contribution in [2.24, 2.45) is 0 Å². The first-order valence-electron chi connectivity index (χ1n) is 8.27. The number of alkyl halides is 1. The first-order valence-corrected chi connectivity index (χ1v) is 9.40. The molecule has 0 unspecified atom stereocenters. The van der Waals surface area contributed by atoms with Gasteiger partial charge in [0.05, 0.1) is 11.6 Å². The number of hydrogen-bond acceptors (Lipinski definition) is 4. The lowest BCUT2D eigenvalue weighted by Gasteiger charge is -2.33. The molecule has 1 amide bonds. The molecule has 0 aliphatic rings. The van der Waals surface area contributed by atoms with E-state index in [-0.39, 0.29) is 0 Å². The Morgan fingerprint density at radius 3 is 2.48 bits per heavy atom. The number of nitrogens with zero attached hydrogens (tertiary/aromatic N) is 3. The quantitative estimate of drug-likeness (QED) is 0.553. The van der Waals surface area contributed by atoms with Crippen LogP contribution in [0.4, 0.5) is 10.5 Å². The van der Waals surface area contributed by atoms with Crippen molar-refractivity contribution in [1.82, 2.24) is 4.98 Å². The standard InChI is InChI=1S/C20H18BrN3O3/c1-20(2,3)24(19(25)26)15-6-4-13(5-7-15)18-23-16-9-12(11-22)8-14(10-21)17(16)27-18/h4-9H,10H2,1-3H3,(H,25,26). The van der Waals surface area contributed by atoms with Crippen LogP contribution in [-0.4, -0.2) is 21.7 Å². The van der Waals surface area contributed by atoms with E-state index in [9.17, 15) is 9.90 Å². The molecule has 27 heavy (non-hydrogen) atoms. The first-order chi connectivity index (χ1) is 12.7. The van der Waals surface area contributed by atoms with Crippen LogP contribution in [0, 0.1) is 11.3 Å². The van der Waals surface area contributed by atoms with Gasteiger partial charge >= 0.3 is 6.09 Å². The molecule has 1 aromatic heterocycles. The summed E-state index contributed by atoms with van der Waals surface area (Å²) < 4.78 is 5.91. The lowest BCUT2D eigenvalue weighted by atomic mass is 10.0. The van der Waals surface area contributed by atoms with Gasteiger partial charge in [-0.25, -0.2) is 9.78 Å². The number of carboxylic acid groups (broad SMARTS) is 1. The number of benzene rings is 2. The molecular weight excluding hydrogens is 410 g/mol. The van der Waals surface area contributed by atoms with Crippen LogP contribution in [0.1, 0.15) is 31.9 Å². The molecule has 2 aromatic carbocycles. The maximum Gasteiger partial charge on any atom is 0.412 e. The number of carbonyl (C=O) groups is 1. The molecule has 138 valence electrons. The van der Waals surface area contributed by atoms with Crippen LogP contribution in [0.5, 0.6) is 0 Å². The molecule has 7 heteroatoms. The van der Waals surface area contributed by atoms with Gasteiger partial charge in [-0.3, -0.25) is 4.90 Å². The zero-order valence-electron chi connectivity index (χ0n) is 15.2. The van der Waals surface area contributed by atoms with Crippen LogP contribution in [-0.2, 0) is 5.33 Å². The zero-order valence-corrected chi connectivity index (χ0v) is 16.7. The first kappa shape index (κ1) is 18.9. The van der Waals surface area contributed by atoms with E-state index < -0.39 is 11.6 Å². The summed E-state index contributed by atoms with van der Waals surface area (Å²) in [6, 6.07) is 12.6. The SMILES string of the molecule is CC(C)(C)N(C(=O)O)c1ccc(-c2nc3cc(C#N)cc(CBr)c3o2)cc1. The van der Waals surface area contributed by atoms with Gasteiger partial charge in [0, 0.05) is 27.7 Å². The smallest absolute Gasteiger partial charge is 0.412 e. The summed E-state index contributed by atoms with van der Waals surface area (Å²) in [6.07, 6.45) is -1.01. The minimum Gasteiger partial charge on any atom is -0.465 e. The second-order valence-corrected chi connectivity index (χ2v) is 7.64. The molecule has 0 fully saturated rings. The minimum absolute atomic E-state index is 0.423. The summed E-state index contributed by atoms with van der Waals surface area (Å²) in [5, 5.41) is 19.2. The summed E-state index contributed by atoms with van der Waals surface area (Å²) >= 11 is 3.41. The van der Waals surface area contributed by atoms with Gasteiger partial charge < -0.3 is 9.52 Å². The summed E-state index contributed by atoms with van der Waals surface area (Å²) in [5.74, 6) is 0.423. The molecule has 0 spiro atoms. The summed E-state index contributed by atoms with van der Waals surface area (Å²) in [4.78, 5) is 17.4. The third-order valence-electron chi connectivity index (χ3n) is 4.07. The van der Waals surface area contributed by atoms with Crippen molar-refractivity contribution in [3.8, 4) is 17.5 Å². The molecule has 3 rings (SSSR count). The van der Waals surface area contributed by atoms with Crippen molar-refractivity contribution >= 4 is 38.8 Å². The van der Waals surface area contributed by atoms with E-state index in [0.717, 1.165) is 11.1 Å². The van der Waals surface area contributed by atoms with Gasteiger partial charge in [0.2, 0.25) is 5.89 Å². The minimum atomic E-state index is -1.01. The molecule has 0 aliphatic heterocycles. The van der Waals surface area contributed by atoms with E-state index in [0.29, 0.717) is 33.6 Å². The van der Waals surface area contributed by atoms with E-state index in [1.54, 1.807) is 36.4 Å². The van der Waals surface area contributed by atoms with Gasteiger partial charge in [-0.2, -0.15) is 5.26 Å². The Hall–Kier alpha value is -2.85. The van der Waals surface area contributed by atoms with Crippen LogP contribution in [0.25, 0.3) is 22.6 Å². The highest BCUT2D eigenvalue weighted by Gasteiger charge is 2.27. The number of amides is 1. The normalized spacial score (nSPS) is 11.4. The van der Waals surface area contributed by atoms with Gasteiger partial charge in [-0.1, -0.05) is 15.9 Å². The molecular formula is C20H18BrN3O3. The van der Waals surface area contributed by atoms with Crippen LogP contribution in [0.3, 0.4) is 0 Å². The molecule has 0 bridgehead atoms.